The quantitative estimate of drug-likeness (QED) is 0.445. The molecular formula is C26H23ClFN. The fraction of sp³-hybridized carbons (Fsp3) is 0.231. The molecular weight excluding hydrogens is 381 g/mol. The molecule has 3 heteroatoms. The first kappa shape index (κ1) is 18.4. The molecule has 0 fully saturated rings. The molecule has 3 aromatic carbocycles. The fourth-order valence-electron chi connectivity index (χ4n) is 5.02. The van der Waals surface area contributed by atoms with Gasteiger partial charge in [0.2, 0.25) is 0 Å². The number of fused-ring (bicyclic) bond motifs is 5. The molecule has 1 unspecified atom stereocenters. The Balaban J connectivity index is 1.81. The third-order valence-electron chi connectivity index (χ3n) is 6.08. The van der Waals surface area contributed by atoms with Gasteiger partial charge in [0.1, 0.15) is 5.82 Å². The third-order valence-corrected chi connectivity index (χ3v) is 6.33. The number of allylic oxidation sites excluding steroid dienone is 1. The Morgan fingerprint density at radius 2 is 1.76 bits per heavy atom. The molecule has 3 aromatic rings. The van der Waals surface area contributed by atoms with Crippen LogP contribution in [-0.2, 0) is 6.42 Å². The van der Waals surface area contributed by atoms with E-state index in [1.165, 1.54) is 27.8 Å². The van der Waals surface area contributed by atoms with Gasteiger partial charge in [0, 0.05) is 22.2 Å². The van der Waals surface area contributed by atoms with Crippen molar-refractivity contribution < 1.29 is 4.39 Å². The Kier molecular flexibility index (Phi) is 4.11. The van der Waals surface area contributed by atoms with Crippen LogP contribution < -0.4 is 5.32 Å². The van der Waals surface area contributed by atoms with Crippen LogP contribution in [0.3, 0.4) is 0 Å². The summed E-state index contributed by atoms with van der Waals surface area (Å²) >= 11 is 6.16. The van der Waals surface area contributed by atoms with Crippen molar-refractivity contribution in [1.29, 1.82) is 0 Å². The van der Waals surface area contributed by atoms with E-state index < -0.39 is 0 Å². The van der Waals surface area contributed by atoms with E-state index in [4.69, 9.17) is 11.6 Å². The maximum atomic E-state index is 14.1. The number of hydrogen-bond acceptors (Lipinski definition) is 1. The summed E-state index contributed by atoms with van der Waals surface area (Å²) in [7, 11) is 0. The molecule has 0 spiro atoms. The molecule has 2 aliphatic rings. The van der Waals surface area contributed by atoms with Crippen LogP contribution in [-0.4, -0.2) is 5.54 Å². The minimum absolute atomic E-state index is 0.0974. The zero-order valence-corrected chi connectivity index (χ0v) is 17.6. The predicted molar refractivity (Wildman–Crippen MR) is 120 cm³/mol. The minimum Gasteiger partial charge on any atom is -0.376 e. The minimum atomic E-state index is -0.191. The molecule has 0 saturated heterocycles. The van der Waals surface area contributed by atoms with Crippen molar-refractivity contribution in [3.05, 3.63) is 93.8 Å². The second-order valence-electron chi connectivity index (χ2n) is 8.73. The maximum absolute atomic E-state index is 14.1. The van der Waals surface area contributed by atoms with Gasteiger partial charge in [-0.25, -0.2) is 4.39 Å². The number of hydrogen-bond donors (Lipinski definition) is 1. The van der Waals surface area contributed by atoms with E-state index in [1.807, 2.05) is 18.2 Å². The lowest BCUT2D eigenvalue weighted by molar-refractivity contribution is 0.626. The molecule has 1 nitrogen and oxygen atoms in total. The molecule has 0 radical (unpaired) electrons. The van der Waals surface area contributed by atoms with E-state index in [0.29, 0.717) is 0 Å². The molecule has 0 amide bonds. The molecule has 146 valence electrons. The molecule has 1 heterocycles. The molecule has 1 N–H and O–H groups in total. The van der Waals surface area contributed by atoms with Crippen molar-refractivity contribution >= 4 is 22.9 Å². The molecule has 5 rings (SSSR count). The van der Waals surface area contributed by atoms with Crippen molar-refractivity contribution in [2.24, 2.45) is 0 Å². The first-order valence-corrected chi connectivity index (χ1v) is 10.4. The fourth-order valence-corrected chi connectivity index (χ4v) is 5.15. The summed E-state index contributed by atoms with van der Waals surface area (Å²) in [4.78, 5) is 0. The first-order valence-electron chi connectivity index (χ1n) is 10.0. The number of benzene rings is 3. The second-order valence-corrected chi connectivity index (χ2v) is 9.17. The summed E-state index contributed by atoms with van der Waals surface area (Å²) in [5, 5.41) is 4.40. The Labute approximate surface area is 176 Å². The van der Waals surface area contributed by atoms with E-state index >= 15 is 0 Å². The topological polar surface area (TPSA) is 12.0 Å². The van der Waals surface area contributed by atoms with E-state index in [0.717, 1.165) is 28.3 Å². The van der Waals surface area contributed by atoms with Gasteiger partial charge in [0.15, 0.2) is 0 Å². The van der Waals surface area contributed by atoms with E-state index in [2.05, 4.69) is 56.4 Å². The van der Waals surface area contributed by atoms with Crippen molar-refractivity contribution in [2.45, 2.75) is 38.6 Å². The van der Waals surface area contributed by atoms with Gasteiger partial charge in [0.25, 0.3) is 0 Å². The average Bonchev–Trinajstić information content (AvgIpc) is 2.66. The van der Waals surface area contributed by atoms with Gasteiger partial charge in [-0.3, -0.25) is 0 Å². The van der Waals surface area contributed by atoms with Crippen LogP contribution in [0.4, 0.5) is 10.1 Å². The number of rotatable bonds is 1. The van der Waals surface area contributed by atoms with Crippen molar-refractivity contribution in [3.63, 3.8) is 0 Å². The lowest BCUT2D eigenvalue weighted by Gasteiger charge is -2.37. The summed E-state index contributed by atoms with van der Waals surface area (Å²) in [5.74, 6) is 0.00502. The van der Waals surface area contributed by atoms with Crippen LogP contribution >= 0.6 is 11.6 Å². The summed E-state index contributed by atoms with van der Waals surface area (Å²) in [6.45, 7) is 6.54. The highest BCUT2D eigenvalue weighted by atomic mass is 35.5. The van der Waals surface area contributed by atoms with Crippen LogP contribution in [0, 0.1) is 5.82 Å². The van der Waals surface area contributed by atoms with Crippen molar-refractivity contribution in [3.8, 4) is 11.1 Å². The highest BCUT2D eigenvalue weighted by Crippen LogP contribution is 2.49. The zero-order chi connectivity index (χ0) is 20.3. The summed E-state index contributed by atoms with van der Waals surface area (Å²) in [6, 6.07) is 17.6. The molecule has 1 aliphatic heterocycles. The predicted octanol–water partition coefficient (Wildman–Crippen LogP) is 7.44. The van der Waals surface area contributed by atoms with Gasteiger partial charge in [-0.05, 0) is 90.9 Å². The number of nitrogens with one attached hydrogen (secondary N) is 1. The summed E-state index contributed by atoms with van der Waals surface area (Å²) in [5.41, 5.74) is 9.38. The summed E-state index contributed by atoms with van der Waals surface area (Å²) in [6.07, 6.45) is 3.13. The van der Waals surface area contributed by atoms with Gasteiger partial charge in [0.05, 0.1) is 5.54 Å². The van der Waals surface area contributed by atoms with Crippen LogP contribution in [0.1, 0.15) is 48.9 Å². The number of anilines is 1. The first-order chi connectivity index (χ1) is 13.8. The van der Waals surface area contributed by atoms with Gasteiger partial charge in [-0.1, -0.05) is 41.9 Å². The molecule has 1 aliphatic carbocycles. The Morgan fingerprint density at radius 1 is 1.00 bits per heavy atom. The van der Waals surface area contributed by atoms with E-state index in [1.54, 1.807) is 12.1 Å². The average molecular weight is 404 g/mol. The highest BCUT2D eigenvalue weighted by molar-refractivity contribution is 6.30. The normalized spacial score (nSPS) is 18.8. The monoisotopic (exact) mass is 403 g/mol. The molecule has 0 saturated carbocycles. The van der Waals surface area contributed by atoms with Gasteiger partial charge >= 0.3 is 0 Å². The SMILES string of the molecule is CC1=CC(C)(C)Nc2ccc3c(c21)C(c1ccc(Cl)cc1)Cc1ccc(F)cc1-3. The summed E-state index contributed by atoms with van der Waals surface area (Å²) < 4.78 is 14.1. The molecule has 0 bridgehead atoms. The lowest BCUT2D eigenvalue weighted by Crippen LogP contribution is -2.32. The second kappa shape index (κ2) is 6.47. The smallest absolute Gasteiger partial charge is 0.123 e. The van der Waals surface area contributed by atoms with Gasteiger partial charge < -0.3 is 5.32 Å². The number of halogens is 2. The molecule has 29 heavy (non-hydrogen) atoms. The molecule has 1 atom stereocenters. The van der Waals surface area contributed by atoms with Crippen LogP contribution in [0.2, 0.25) is 5.02 Å². The van der Waals surface area contributed by atoms with Crippen LogP contribution in [0.5, 0.6) is 0 Å². The van der Waals surface area contributed by atoms with Crippen LogP contribution in [0.25, 0.3) is 16.7 Å². The third kappa shape index (κ3) is 3.07. The maximum Gasteiger partial charge on any atom is 0.123 e. The Hall–Kier alpha value is -2.58. The lowest BCUT2D eigenvalue weighted by atomic mass is 9.71. The zero-order valence-electron chi connectivity index (χ0n) is 16.8. The van der Waals surface area contributed by atoms with Crippen molar-refractivity contribution in [1.82, 2.24) is 0 Å². The Morgan fingerprint density at radius 3 is 2.52 bits per heavy atom. The van der Waals surface area contributed by atoms with E-state index in [9.17, 15) is 4.39 Å². The Bertz CT molecular complexity index is 1160. The van der Waals surface area contributed by atoms with E-state index in [-0.39, 0.29) is 17.3 Å². The van der Waals surface area contributed by atoms with Crippen LogP contribution in [0.15, 0.2) is 60.7 Å². The largest absolute Gasteiger partial charge is 0.376 e. The van der Waals surface area contributed by atoms with Gasteiger partial charge in [-0.2, -0.15) is 0 Å². The van der Waals surface area contributed by atoms with Gasteiger partial charge in [-0.15, -0.1) is 0 Å². The van der Waals surface area contributed by atoms with Crippen molar-refractivity contribution in [2.75, 3.05) is 5.32 Å². The standard InChI is InChI=1S/C26H23ClFN/c1-15-14-26(2,3)29-23-11-10-20-21-13-19(28)9-6-17(21)12-22(25(20)24(15)23)16-4-7-18(27)8-5-16/h4-11,13-14,22,29H,12H2,1-3H3. The highest BCUT2D eigenvalue weighted by Gasteiger charge is 2.33. The molecule has 0 aromatic heterocycles.